The summed E-state index contributed by atoms with van der Waals surface area (Å²) < 4.78 is 5.55. The van der Waals surface area contributed by atoms with Gasteiger partial charge in [-0.15, -0.1) is 6.58 Å². The van der Waals surface area contributed by atoms with Gasteiger partial charge < -0.3 is 14.7 Å². The van der Waals surface area contributed by atoms with Gasteiger partial charge in [-0.05, 0) is 50.1 Å². The number of benzene rings is 2. The summed E-state index contributed by atoms with van der Waals surface area (Å²) in [6.45, 7) is 9.36. The number of nitrogens with zero attached hydrogens (tertiary/aromatic N) is 1. The van der Waals surface area contributed by atoms with Gasteiger partial charge in [-0.3, -0.25) is 4.79 Å². The third-order valence-corrected chi connectivity index (χ3v) is 5.01. The highest BCUT2D eigenvalue weighted by molar-refractivity contribution is 6.30. The van der Waals surface area contributed by atoms with E-state index in [-0.39, 0.29) is 24.6 Å². The van der Waals surface area contributed by atoms with Crippen LogP contribution in [-0.2, 0) is 9.53 Å². The highest BCUT2D eigenvalue weighted by Crippen LogP contribution is 2.30. The van der Waals surface area contributed by atoms with Crippen LogP contribution < -0.4 is 0 Å². The SMILES string of the molecule is C=CC.CC[C@@H](CO)N1C(=O)C(C)OC[C@H]1c1ccc(Cl)cc1.Clc1ccccc1. The summed E-state index contributed by atoms with van der Waals surface area (Å²) in [5.74, 6) is -0.0721. The number of aliphatic hydroxyl groups is 1. The normalized spacial score (nSPS) is 19.0. The Balaban J connectivity index is 0.000000372. The average molecular weight is 452 g/mol. The zero-order chi connectivity index (χ0) is 22.5. The number of morpholine rings is 1. The molecule has 0 bridgehead atoms. The molecule has 1 amide bonds. The third kappa shape index (κ3) is 8.11. The molecule has 1 aliphatic rings. The van der Waals surface area contributed by atoms with Crippen molar-refractivity contribution in [3.63, 3.8) is 0 Å². The van der Waals surface area contributed by atoms with Crippen molar-refractivity contribution in [3.8, 4) is 0 Å². The van der Waals surface area contributed by atoms with E-state index in [4.69, 9.17) is 27.9 Å². The minimum Gasteiger partial charge on any atom is -0.394 e. The fraction of sp³-hybridized carbons (Fsp3) is 0.375. The molecule has 0 saturated carbocycles. The van der Waals surface area contributed by atoms with Gasteiger partial charge in [0.2, 0.25) is 0 Å². The van der Waals surface area contributed by atoms with E-state index < -0.39 is 6.10 Å². The van der Waals surface area contributed by atoms with Crippen molar-refractivity contribution in [3.05, 3.63) is 82.9 Å². The van der Waals surface area contributed by atoms with E-state index in [1.807, 2.05) is 56.3 Å². The lowest BCUT2D eigenvalue weighted by Crippen LogP contribution is -2.53. The second-order valence-corrected chi connectivity index (χ2v) is 7.61. The van der Waals surface area contributed by atoms with Crippen LogP contribution in [0.3, 0.4) is 0 Å². The number of hydrogen-bond donors (Lipinski definition) is 1. The van der Waals surface area contributed by atoms with Crippen molar-refractivity contribution >= 4 is 29.1 Å². The lowest BCUT2D eigenvalue weighted by Gasteiger charge is -2.42. The highest BCUT2D eigenvalue weighted by atomic mass is 35.5. The van der Waals surface area contributed by atoms with E-state index in [9.17, 15) is 9.90 Å². The Kier molecular flexibility index (Phi) is 12.4. The molecule has 0 radical (unpaired) electrons. The number of allylic oxidation sites excluding steroid dienone is 1. The lowest BCUT2D eigenvalue weighted by molar-refractivity contribution is -0.164. The minimum absolute atomic E-state index is 0.0426. The summed E-state index contributed by atoms with van der Waals surface area (Å²) >= 11 is 11.4. The van der Waals surface area contributed by atoms with E-state index in [0.29, 0.717) is 18.1 Å². The number of carbonyl (C=O) groups is 1. The van der Waals surface area contributed by atoms with Crippen molar-refractivity contribution in [2.75, 3.05) is 13.2 Å². The number of ether oxygens (including phenoxy) is 1. The molecule has 4 nitrogen and oxygen atoms in total. The van der Waals surface area contributed by atoms with Gasteiger partial charge in [-0.1, -0.05) is 66.5 Å². The molecule has 1 aliphatic heterocycles. The Labute approximate surface area is 190 Å². The molecule has 6 heteroatoms. The van der Waals surface area contributed by atoms with Gasteiger partial charge in [0, 0.05) is 10.0 Å². The quantitative estimate of drug-likeness (QED) is 0.585. The number of aliphatic hydroxyl groups excluding tert-OH is 1. The molecule has 2 aromatic rings. The van der Waals surface area contributed by atoms with Crippen molar-refractivity contribution in [2.45, 2.75) is 45.4 Å². The summed E-state index contributed by atoms with van der Waals surface area (Å²) in [5, 5.41) is 11.0. The van der Waals surface area contributed by atoms with Crippen LogP contribution in [0, 0.1) is 0 Å². The Bertz CT molecular complexity index is 749. The maximum absolute atomic E-state index is 12.4. The number of hydrogen-bond acceptors (Lipinski definition) is 3. The first-order valence-electron chi connectivity index (χ1n) is 9.97. The van der Waals surface area contributed by atoms with Crippen LogP contribution >= 0.6 is 23.2 Å². The van der Waals surface area contributed by atoms with E-state index in [0.717, 1.165) is 10.6 Å². The zero-order valence-corrected chi connectivity index (χ0v) is 19.3. The van der Waals surface area contributed by atoms with Gasteiger partial charge in [0.05, 0.1) is 25.3 Å². The van der Waals surface area contributed by atoms with Crippen LogP contribution in [0.2, 0.25) is 10.0 Å². The molecule has 164 valence electrons. The largest absolute Gasteiger partial charge is 0.394 e. The molecule has 0 aliphatic carbocycles. The second-order valence-electron chi connectivity index (χ2n) is 6.74. The summed E-state index contributed by atoms with van der Waals surface area (Å²) in [6, 6.07) is 16.5. The van der Waals surface area contributed by atoms with Gasteiger partial charge >= 0.3 is 0 Å². The van der Waals surface area contributed by atoms with Crippen LogP contribution in [-0.4, -0.2) is 41.3 Å². The highest BCUT2D eigenvalue weighted by Gasteiger charge is 2.38. The molecule has 3 atom stereocenters. The van der Waals surface area contributed by atoms with Crippen molar-refractivity contribution in [2.24, 2.45) is 0 Å². The molecule has 1 N–H and O–H groups in total. The van der Waals surface area contributed by atoms with Gasteiger partial charge in [0.25, 0.3) is 5.91 Å². The number of halogens is 2. The Morgan fingerprint density at radius 3 is 2.13 bits per heavy atom. The second kappa shape index (κ2) is 14.2. The minimum atomic E-state index is -0.459. The maximum atomic E-state index is 12.4. The Hall–Kier alpha value is -1.85. The molecule has 1 heterocycles. The molecule has 30 heavy (non-hydrogen) atoms. The van der Waals surface area contributed by atoms with Crippen molar-refractivity contribution in [1.29, 1.82) is 0 Å². The van der Waals surface area contributed by atoms with Crippen molar-refractivity contribution < 1.29 is 14.6 Å². The molecule has 2 aromatic carbocycles. The lowest BCUT2D eigenvalue weighted by atomic mass is 10.00. The van der Waals surface area contributed by atoms with Gasteiger partial charge in [-0.25, -0.2) is 0 Å². The summed E-state index contributed by atoms with van der Waals surface area (Å²) in [6.07, 6.45) is 2.00. The average Bonchev–Trinajstić information content (AvgIpc) is 2.74. The standard InChI is InChI=1S/C15H20ClNO3.C6H5Cl.C3H6/c1-3-13(8-18)17-14(9-20-10(2)15(17)19)11-4-6-12(16)7-5-11;7-6-4-2-1-3-5-6;1-3-2/h4-7,10,13-14,18H,3,8-9H2,1-2H3;1-5H;3H,1H2,2H3/t10?,13-,14-;;/m0../s1. The molecule has 0 spiro atoms. The number of rotatable bonds is 4. The van der Waals surface area contributed by atoms with Crippen LogP contribution in [0.5, 0.6) is 0 Å². The predicted octanol–water partition coefficient (Wildman–Crippen LogP) is 5.93. The first-order chi connectivity index (χ1) is 14.4. The molecule has 1 fully saturated rings. The summed E-state index contributed by atoms with van der Waals surface area (Å²) in [4.78, 5) is 14.2. The summed E-state index contributed by atoms with van der Waals surface area (Å²) in [7, 11) is 0. The van der Waals surface area contributed by atoms with E-state index in [1.54, 1.807) is 30.0 Å². The van der Waals surface area contributed by atoms with E-state index >= 15 is 0 Å². The Morgan fingerprint density at radius 1 is 1.17 bits per heavy atom. The van der Waals surface area contributed by atoms with Crippen LogP contribution in [0.4, 0.5) is 0 Å². The molecule has 3 rings (SSSR count). The smallest absolute Gasteiger partial charge is 0.252 e. The van der Waals surface area contributed by atoms with Gasteiger partial charge in [0.1, 0.15) is 6.10 Å². The summed E-state index contributed by atoms with van der Waals surface area (Å²) in [5.41, 5.74) is 0.974. The van der Waals surface area contributed by atoms with E-state index in [2.05, 4.69) is 6.58 Å². The fourth-order valence-electron chi connectivity index (χ4n) is 2.96. The first-order valence-corrected chi connectivity index (χ1v) is 10.7. The van der Waals surface area contributed by atoms with Crippen LogP contribution in [0.15, 0.2) is 67.3 Å². The van der Waals surface area contributed by atoms with Crippen LogP contribution in [0.1, 0.15) is 38.8 Å². The fourth-order valence-corrected chi connectivity index (χ4v) is 3.23. The van der Waals surface area contributed by atoms with Crippen molar-refractivity contribution in [1.82, 2.24) is 4.90 Å². The third-order valence-electron chi connectivity index (χ3n) is 4.51. The van der Waals surface area contributed by atoms with Gasteiger partial charge in [0.15, 0.2) is 0 Å². The molecular formula is C24H31Cl2NO3. The van der Waals surface area contributed by atoms with Gasteiger partial charge in [-0.2, -0.15) is 0 Å². The predicted molar refractivity (Wildman–Crippen MR) is 125 cm³/mol. The number of amides is 1. The Morgan fingerprint density at radius 2 is 1.70 bits per heavy atom. The van der Waals surface area contributed by atoms with Crippen LogP contribution in [0.25, 0.3) is 0 Å². The monoisotopic (exact) mass is 451 g/mol. The maximum Gasteiger partial charge on any atom is 0.252 e. The first kappa shape index (κ1) is 26.2. The zero-order valence-electron chi connectivity index (χ0n) is 17.8. The number of carbonyl (C=O) groups excluding carboxylic acids is 1. The van der Waals surface area contributed by atoms with E-state index in [1.165, 1.54) is 0 Å². The molecule has 0 aromatic heterocycles. The molecule has 1 saturated heterocycles. The molecular weight excluding hydrogens is 421 g/mol. The molecule has 1 unspecified atom stereocenters. The topological polar surface area (TPSA) is 49.8 Å².